The van der Waals surface area contributed by atoms with Crippen LogP contribution in [0.1, 0.15) is 11.4 Å². The van der Waals surface area contributed by atoms with Gasteiger partial charge in [0.2, 0.25) is 5.56 Å². The molecule has 0 aliphatic rings. The summed E-state index contributed by atoms with van der Waals surface area (Å²) in [4.78, 5) is 18.6. The minimum Gasteiger partial charge on any atom is -0.434 e. The molecule has 0 radical (unpaired) electrons. The molecule has 1 unspecified atom stereocenters. The number of rotatable bonds is 7. The van der Waals surface area contributed by atoms with Crippen molar-refractivity contribution in [3.05, 3.63) is 82.5 Å². The fraction of sp³-hybridized carbons (Fsp3) is 0.182. The first-order valence-electron chi connectivity index (χ1n) is 9.42. The molecule has 2 aromatic carbocycles. The molecule has 0 aliphatic heterocycles. The molecule has 1 N–H and O–H groups in total. The molecule has 0 amide bonds. The van der Waals surface area contributed by atoms with Crippen LogP contribution in [0.4, 0.5) is 8.78 Å². The second-order valence-electron chi connectivity index (χ2n) is 6.96. The van der Waals surface area contributed by atoms with Crippen LogP contribution in [0.3, 0.4) is 0 Å². The van der Waals surface area contributed by atoms with E-state index in [4.69, 9.17) is 0 Å². The van der Waals surface area contributed by atoms with E-state index < -0.39 is 17.4 Å². The number of benzene rings is 2. The summed E-state index contributed by atoms with van der Waals surface area (Å²) >= 11 is 0. The Bertz CT molecular complexity index is 1300. The maximum atomic E-state index is 12.8. The minimum atomic E-state index is -2.94. The number of aromatic nitrogens is 3. The van der Waals surface area contributed by atoms with E-state index in [9.17, 15) is 17.8 Å². The summed E-state index contributed by atoms with van der Waals surface area (Å²) in [5, 5.41) is 0. The second kappa shape index (κ2) is 8.81. The van der Waals surface area contributed by atoms with Gasteiger partial charge in [-0.15, -0.1) is 0 Å². The molecule has 0 saturated heterocycles. The van der Waals surface area contributed by atoms with Crippen molar-refractivity contribution in [3.8, 4) is 16.9 Å². The number of ether oxygens (including phenoxy) is 1. The lowest BCUT2D eigenvalue weighted by Gasteiger charge is -2.14. The zero-order chi connectivity index (χ0) is 22.0. The van der Waals surface area contributed by atoms with Crippen molar-refractivity contribution >= 4 is 21.8 Å². The average molecular weight is 443 g/mol. The summed E-state index contributed by atoms with van der Waals surface area (Å²) < 4.78 is 44.2. The van der Waals surface area contributed by atoms with Crippen LogP contribution in [0.2, 0.25) is 0 Å². The van der Waals surface area contributed by atoms with Gasteiger partial charge in [0, 0.05) is 34.9 Å². The number of alkyl halides is 2. The molecule has 4 rings (SSSR count). The van der Waals surface area contributed by atoms with Gasteiger partial charge < -0.3 is 14.3 Å². The number of aromatic amines is 1. The molecule has 31 heavy (non-hydrogen) atoms. The molecule has 0 fully saturated rings. The van der Waals surface area contributed by atoms with Crippen molar-refractivity contribution in [2.24, 2.45) is 0 Å². The van der Waals surface area contributed by atoms with Gasteiger partial charge in [0.15, 0.2) is 0 Å². The molecule has 0 aliphatic carbocycles. The average Bonchev–Trinajstić information content (AvgIpc) is 3.05. The van der Waals surface area contributed by atoms with Crippen LogP contribution in [0, 0.1) is 0 Å². The van der Waals surface area contributed by atoms with Gasteiger partial charge >= 0.3 is 6.61 Å². The predicted molar refractivity (Wildman–Crippen MR) is 116 cm³/mol. The van der Waals surface area contributed by atoms with Gasteiger partial charge in [-0.05, 0) is 35.4 Å². The van der Waals surface area contributed by atoms with Crippen molar-refractivity contribution in [2.45, 2.75) is 18.9 Å². The van der Waals surface area contributed by atoms with Crippen LogP contribution in [0.5, 0.6) is 5.75 Å². The Kier molecular flexibility index (Phi) is 5.94. The fourth-order valence-electron chi connectivity index (χ4n) is 3.43. The first kappa shape index (κ1) is 20.9. The molecule has 0 bridgehead atoms. The highest BCUT2D eigenvalue weighted by Gasteiger charge is 2.16. The zero-order valence-electron chi connectivity index (χ0n) is 16.5. The van der Waals surface area contributed by atoms with Gasteiger partial charge in [-0.1, -0.05) is 24.3 Å². The van der Waals surface area contributed by atoms with E-state index in [-0.39, 0.29) is 23.6 Å². The van der Waals surface area contributed by atoms with E-state index in [2.05, 4.69) is 14.7 Å². The summed E-state index contributed by atoms with van der Waals surface area (Å²) in [5.74, 6) is 0.890. The molecule has 0 spiro atoms. The third kappa shape index (κ3) is 4.72. The third-order valence-corrected chi connectivity index (χ3v) is 5.46. The van der Waals surface area contributed by atoms with Crippen LogP contribution < -0.4 is 10.3 Å². The highest BCUT2D eigenvalue weighted by molar-refractivity contribution is 7.83. The quantitative estimate of drug-likeness (QED) is 0.470. The smallest absolute Gasteiger partial charge is 0.387 e. The number of nitrogens with one attached hydrogen (secondary N) is 1. The van der Waals surface area contributed by atoms with E-state index in [1.807, 2.05) is 22.8 Å². The van der Waals surface area contributed by atoms with Gasteiger partial charge in [-0.2, -0.15) is 8.78 Å². The van der Waals surface area contributed by atoms with Crippen LogP contribution in [-0.4, -0.2) is 31.6 Å². The third-order valence-electron chi connectivity index (χ3n) is 4.79. The second-order valence-corrected chi connectivity index (χ2v) is 8.40. The Balaban J connectivity index is 1.83. The normalized spacial score (nSPS) is 12.4. The maximum Gasteiger partial charge on any atom is 0.387 e. The molecular formula is C22H19F2N3O3S. The summed E-state index contributed by atoms with van der Waals surface area (Å²) in [7, 11) is -1.14. The van der Waals surface area contributed by atoms with E-state index in [1.165, 1.54) is 12.1 Å². The lowest BCUT2D eigenvalue weighted by Crippen LogP contribution is -2.10. The zero-order valence-corrected chi connectivity index (χ0v) is 17.4. The Labute approximate surface area is 179 Å². The van der Waals surface area contributed by atoms with Gasteiger partial charge in [0.25, 0.3) is 0 Å². The minimum absolute atomic E-state index is 0.0831. The first-order valence-corrected chi connectivity index (χ1v) is 11.1. The molecule has 2 aromatic heterocycles. The summed E-state index contributed by atoms with van der Waals surface area (Å²) in [5.41, 5.74) is 3.48. The Morgan fingerprint density at radius 2 is 1.90 bits per heavy atom. The number of H-pyrrole nitrogens is 1. The summed E-state index contributed by atoms with van der Waals surface area (Å²) in [6.07, 6.45) is 3.21. The van der Waals surface area contributed by atoms with Crippen LogP contribution in [-0.2, 0) is 23.1 Å². The van der Waals surface area contributed by atoms with E-state index >= 15 is 0 Å². The lowest BCUT2D eigenvalue weighted by molar-refractivity contribution is -0.0504. The number of hydrogen-bond acceptors (Lipinski definition) is 4. The molecule has 1 atom stereocenters. The molecule has 9 heteroatoms. The number of pyridine rings is 1. The van der Waals surface area contributed by atoms with E-state index in [0.29, 0.717) is 16.9 Å². The molecule has 160 valence electrons. The van der Waals surface area contributed by atoms with Crippen molar-refractivity contribution in [1.29, 1.82) is 0 Å². The Morgan fingerprint density at radius 3 is 2.61 bits per heavy atom. The number of nitrogens with zero attached hydrogens (tertiary/aromatic N) is 2. The van der Waals surface area contributed by atoms with Gasteiger partial charge in [-0.3, -0.25) is 9.00 Å². The van der Waals surface area contributed by atoms with Crippen molar-refractivity contribution < 1.29 is 17.7 Å². The molecule has 4 aromatic rings. The Morgan fingerprint density at radius 1 is 1.13 bits per heavy atom. The number of hydrogen-bond donors (Lipinski definition) is 1. The van der Waals surface area contributed by atoms with Crippen molar-refractivity contribution in [2.75, 3.05) is 6.26 Å². The van der Waals surface area contributed by atoms with Crippen LogP contribution in [0.15, 0.2) is 65.6 Å². The van der Waals surface area contributed by atoms with Gasteiger partial charge in [-0.25, -0.2) is 4.98 Å². The number of fused-ring (bicyclic) bond motifs is 1. The molecule has 0 saturated carbocycles. The number of para-hydroxylation sites is 1. The van der Waals surface area contributed by atoms with Crippen molar-refractivity contribution in [3.63, 3.8) is 0 Å². The SMILES string of the molecule is CS(=O)Cc1nc2ccc(-c3ccc(=O)[nH]c3)cc2n1Cc1ccccc1OC(F)F. The summed E-state index contributed by atoms with van der Waals surface area (Å²) in [6.45, 7) is -2.71. The van der Waals surface area contributed by atoms with E-state index in [1.54, 1.807) is 36.7 Å². The molecule has 2 heterocycles. The number of halogens is 2. The fourth-order valence-corrected chi connectivity index (χ4v) is 4.01. The van der Waals surface area contributed by atoms with Crippen LogP contribution >= 0.6 is 0 Å². The lowest BCUT2D eigenvalue weighted by atomic mass is 10.1. The summed E-state index contributed by atoms with van der Waals surface area (Å²) in [6, 6.07) is 15.4. The monoisotopic (exact) mass is 443 g/mol. The van der Waals surface area contributed by atoms with Crippen LogP contribution in [0.25, 0.3) is 22.2 Å². The topological polar surface area (TPSA) is 77.0 Å². The van der Waals surface area contributed by atoms with Gasteiger partial charge in [0.1, 0.15) is 11.6 Å². The first-order chi connectivity index (χ1) is 14.9. The highest BCUT2D eigenvalue weighted by Crippen LogP contribution is 2.28. The standard InChI is InChI=1S/C22H19F2N3O3S/c1-31(29)13-20-26-17-8-6-14(15-7-9-21(28)25-11-15)10-18(17)27(20)12-16-4-2-3-5-19(16)30-22(23)24/h2-11,22H,12-13H2,1H3,(H,25,28). The largest absolute Gasteiger partial charge is 0.434 e. The van der Waals surface area contributed by atoms with Gasteiger partial charge in [0.05, 0.1) is 23.3 Å². The predicted octanol–water partition coefficient (Wildman–Crippen LogP) is 3.92. The molecular weight excluding hydrogens is 424 g/mol. The maximum absolute atomic E-state index is 12.8. The highest BCUT2D eigenvalue weighted by atomic mass is 32.2. The van der Waals surface area contributed by atoms with Crippen molar-refractivity contribution in [1.82, 2.24) is 14.5 Å². The number of imidazole rings is 1. The van der Waals surface area contributed by atoms with E-state index in [0.717, 1.165) is 16.6 Å². The molecule has 6 nitrogen and oxygen atoms in total. The Hall–Kier alpha value is -3.33.